The van der Waals surface area contributed by atoms with Crippen molar-refractivity contribution >= 4 is 5.91 Å². The molecule has 2 rings (SSSR count). The Kier molecular flexibility index (Phi) is 2.26. The molecule has 0 unspecified atom stereocenters. The highest BCUT2D eigenvalue weighted by molar-refractivity contribution is 5.78. The summed E-state index contributed by atoms with van der Waals surface area (Å²) < 4.78 is 5.17. The van der Waals surface area contributed by atoms with Gasteiger partial charge in [0.05, 0.1) is 13.2 Å². The normalized spacial score (nSPS) is 25.8. The minimum absolute atomic E-state index is 0.157. The highest BCUT2D eigenvalue weighted by atomic mass is 16.5. The smallest absolute Gasteiger partial charge is 0.224 e. The number of carbonyl (C=O) groups excluding carboxylic acids is 1. The molecule has 74 valence electrons. The third-order valence-electron chi connectivity index (χ3n) is 2.76. The van der Waals surface area contributed by atoms with Crippen LogP contribution in [0.4, 0.5) is 0 Å². The molecule has 1 amide bonds. The molecule has 1 aliphatic heterocycles. The third kappa shape index (κ3) is 2.19. The van der Waals surface area contributed by atoms with Gasteiger partial charge in [-0.25, -0.2) is 0 Å². The Bertz CT molecular complexity index is 208. The second kappa shape index (κ2) is 3.27. The van der Waals surface area contributed by atoms with E-state index in [1.54, 1.807) is 0 Å². The van der Waals surface area contributed by atoms with Gasteiger partial charge in [0.1, 0.15) is 0 Å². The summed E-state index contributed by atoms with van der Waals surface area (Å²) in [6, 6.07) is 0. The number of ether oxygens (including phenoxy) is 1. The van der Waals surface area contributed by atoms with Crippen LogP contribution in [0.3, 0.4) is 0 Å². The minimum atomic E-state index is -0.157. The van der Waals surface area contributed by atoms with Crippen LogP contribution in [0.5, 0.6) is 0 Å². The van der Waals surface area contributed by atoms with Crippen molar-refractivity contribution in [2.24, 2.45) is 5.73 Å². The first-order valence-corrected chi connectivity index (χ1v) is 4.84. The molecule has 1 heterocycles. The molecule has 0 bridgehead atoms. The third-order valence-corrected chi connectivity index (χ3v) is 2.76. The average molecular weight is 184 g/mol. The second-order valence-corrected chi connectivity index (χ2v) is 4.03. The van der Waals surface area contributed by atoms with Gasteiger partial charge in [-0.2, -0.15) is 0 Å². The van der Waals surface area contributed by atoms with E-state index in [1.165, 1.54) is 0 Å². The highest BCUT2D eigenvalue weighted by Crippen LogP contribution is 2.35. The van der Waals surface area contributed by atoms with E-state index in [-0.39, 0.29) is 11.4 Å². The number of nitrogens with two attached hydrogens (primary N) is 1. The predicted molar refractivity (Wildman–Crippen MR) is 48.2 cm³/mol. The van der Waals surface area contributed by atoms with E-state index in [4.69, 9.17) is 10.5 Å². The van der Waals surface area contributed by atoms with Gasteiger partial charge >= 0.3 is 0 Å². The molecule has 2 fully saturated rings. The maximum Gasteiger partial charge on any atom is 0.224 e. The van der Waals surface area contributed by atoms with Crippen molar-refractivity contribution in [2.75, 3.05) is 26.3 Å². The molecule has 2 N–H and O–H groups in total. The number of morpholine rings is 1. The maximum absolute atomic E-state index is 11.6. The maximum atomic E-state index is 11.6. The molecule has 4 heteroatoms. The second-order valence-electron chi connectivity index (χ2n) is 4.03. The van der Waals surface area contributed by atoms with Crippen LogP contribution in [0.2, 0.25) is 0 Å². The van der Waals surface area contributed by atoms with Crippen LogP contribution in [0.1, 0.15) is 19.3 Å². The Labute approximate surface area is 78.0 Å². The number of hydrogen-bond donors (Lipinski definition) is 1. The first kappa shape index (κ1) is 8.97. The molecule has 2 aliphatic rings. The molecule has 0 spiro atoms. The Morgan fingerprint density at radius 2 is 2.00 bits per heavy atom. The van der Waals surface area contributed by atoms with Crippen molar-refractivity contribution in [1.29, 1.82) is 0 Å². The van der Waals surface area contributed by atoms with E-state index in [0.717, 1.165) is 25.9 Å². The Morgan fingerprint density at radius 1 is 1.38 bits per heavy atom. The quantitative estimate of drug-likeness (QED) is 0.642. The largest absolute Gasteiger partial charge is 0.378 e. The van der Waals surface area contributed by atoms with Gasteiger partial charge in [-0.3, -0.25) is 4.79 Å². The molecule has 0 aromatic carbocycles. The summed E-state index contributed by atoms with van der Waals surface area (Å²) in [4.78, 5) is 13.5. The van der Waals surface area contributed by atoms with Crippen molar-refractivity contribution < 1.29 is 9.53 Å². The van der Waals surface area contributed by atoms with Crippen LogP contribution in [0.15, 0.2) is 0 Å². The summed E-state index contributed by atoms with van der Waals surface area (Å²) in [5, 5.41) is 0. The molecule has 1 aliphatic carbocycles. The Morgan fingerprint density at radius 3 is 2.54 bits per heavy atom. The zero-order chi connectivity index (χ0) is 9.31. The van der Waals surface area contributed by atoms with Gasteiger partial charge in [-0.05, 0) is 12.8 Å². The molecule has 4 nitrogen and oxygen atoms in total. The zero-order valence-corrected chi connectivity index (χ0v) is 7.79. The number of nitrogens with zero attached hydrogens (tertiary/aromatic N) is 1. The summed E-state index contributed by atoms with van der Waals surface area (Å²) >= 11 is 0. The highest BCUT2D eigenvalue weighted by Gasteiger charge is 2.41. The van der Waals surface area contributed by atoms with Crippen molar-refractivity contribution in [2.45, 2.75) is 24.8 Å². The van der Waals surface area contributed by atoms with Gasteiger partial charge in [0.25, 0.3) is 0 Å². The summed E-state index contributed by atoms with van der Waals surface area (Å²) in [5.41, 5.74) is 5.72. The fourth-order valence-electron chi connectivity index (χ4n) is 1.56. The van der Waals surface area contributed by atoms with Crippen molar-refractivity contribution in [3.63, 3.8) is 0 Å². The first-order valence-electron chi connectivity index (χ1n) is 4.84. The van der Waals surface area contributed by atoms with Crippen LogP contribution in [-0.2, 0) is 9.53 Å². The topological polar surface area (TPSA) is 55.6 Å². The minimum Gasteiger partial charge on any atom is -0.378 e. The van der Waals surface area contributed by atoms with Gasteiger partial charge in [-0.15, -0.1) is 0 Å². The van der Waals surface area contributed by atoms with Crippen LogP contribution >= 0.6 is 0 Å². The van der Waals surface area contributed by atoms with Crippen LogP contribution in [0, 0.1) is 0 Å². The lowest BCUT2D eigenvalue weighted by atomic mass is 10.1. The lowest BCUT2D eigenvalue weighted by molar-refractivity contribution is -0.135. The molecule has 1 saturated carbocycles. The van der Waals surface area contributed by atoms with Crippen molar-refractivity contribution in [3.05, 3.63) is 0 Å². The van der Waals surface area contributed by atoms with E-state index in [2.05, 4.69) is 0 Å². The Hall–Kier alpha value is -0.610. The van der Waals surface area contributed by atoms with Gasteiger partial charge < -0.3 is 15.4 Å². The van der Waals surface area contributed by atoms with E-state index in [9.17, 15) is 4.79 Å². The standard InChI is InChI=1S/C9H16N2O2/c10-9(1-2-9)7-8(12)11-3-5-13-6-4-11/h1-7,10H2. The molecular weight excluding hydrogens is 168 g/mol. The van der Waals surface area contributed by atoms with Gasteiger partial charge in [-0.1, -0.05) is 0 Å². The lowest BCUT2D eigenvalue weighted by Crippen LogP contribution is -2.43. The monoisotopic (exact) mass is 184 g/mol. The summed E-state index contributed by atoms with van der Waals surface area (Å²) in [5.74, 6) is 0.198. The number of rotatable bonds is 2. The first-order chi connectivity index (χ1) is 6.20. The molecule has 0 atom stereocenters. The number of hydrogen-bond acceptors (Lipinski definition) is 3. The van der Waals surface area contributed by atoms with Crippen molar-refractivity contribution in [3.8, 4) is 0 Å². The molecule has 0 radical (unpaired) electrons. The Balaban J connectivity index is 1.81. The summed E-state index contributed by atoms with van der Waals surface area (Å²) in [6.45, 7) is 2.80. The van der Waals surface area contributed by atoms with E-state index in [0.29, 0.717) is 19.6 Å². The van der Waals surface area contributed by atoms with E-state index >= 15 is 0 Å². The molecule has 1 saturated heterocycles. The van der Waals surface area contributed by atoms with E-state index in [1.807, 2.05) is 4.90 Å². The van der Waals surface area contributed by atoms with Gasteiger partial charge in [0.2, 0.25) is 5.91 Å². The summed E-state index contributed by atoms with van der Waals surface area (Å²) in [7, 11) is 0. The van der Waals surface area contributed by atoms with Gasteiger partial charge in [0.15, 0.2) is 0 Å². The molecular formula is C9H16N2O2. The SMILES string of the molecule is NC1(CC(=O)N2CCOCC2)CC1. The molecule has 13 heavy (non-hydrogen) atoms. The average Bonchev–Trinajstić information content (AvgIpc) is 2.85. The zero-order valence-electron chi connectivity index (χ0n) is 7.79. The predicted octanol–water partition coefficient (Wildman–Crippen LogP) is -0.273. The van der Waals surface area contributed by atoms with Crippen molar-refractivity contribution in [1.82, 2.24) is 4.90 Å². The lowest BCUT2D eigenvalue weighted by Gasteiger charge is -2.27. The van der Waals surface area contributed by atoms with Gasteiger partial charge in [0, 0.05) is 25.0 Å². The number of carbonyl (C=O) groups is 1. The fourth-order valence-corrected chi connectivity index (χ4v) is 1.56. The molecule has 0 aromatic heterocycles. The van der Waals surface area contributed by atoms with Crippen LogP contribution in [-0.4, -0.2) is 42.6 Å². The van der Waals surface area contributed by atoms with Crippen LogP contribution < -0.4 is 5.73 Å². The number of amides is 1. The fraction of sp³-hybridized carbons (Fsp3) is 0.889. The van der Waals surface area contributed by atoms with Crippen LogP contribution in [0.25, 0.3) is 0 Å². The van der Waals surface area contributed by atoms with E-state index < -0.39 is 0 Å². The summed E-state index contributed by atoms with van der Waals surface area (Å²) in [6.07, 6.45) is 2.53. The molecule has 0 aromatic rings.